The first kappa shape index (κ1) is 21.6. The van der Waals surface area contributed by atoms with Gasteiger partial charge in [0, 0.05) is 54.0 Å². The van der Waals surface area contributed by atoms with E-state index in [4.69, 9.17) is 0 Å². The molecule has 0 spiro atoms. The smallest absolute Gasteiger partial charge is 0.185 e. The molecule has 3 rings (SSSR count). The van der Waals surface area contributed by atoms with Gasteiger partial charge in [-0.1, -0.05) is 22.0 Å². The third-order valence-electron chi connectivity index (χ3n) is 5.10. The van der Waals surface area contributed by atoms with E-state index in [1.54, 1.807) is 24.3 Å². The van der Waals surface area contributed by atoms with Gasteiger partial charge in [-0.2, -0.15) is 0 Å². The number of piperazine rings is 1. The zero-order valence-electron chi connectivity index (χ0n) is 17.2. The van der Waals surface area contributed by atoms with Crippen LogP contribution in [-0.4, -0.2) is 68.0 Å². The fourth-order valence-electron chi connectivity index (χ4n) is 3.45. The van der Waals surface area contributed by atoms with E-state index in [-0.39, 0.29) is 11.5 Å². The number of phenolic OH excluding ortho intramolecular Hbond substituents is 1. The molecule has 1 aliphatic rings. The minimum absolute atomic E-state index is 0.0720. The highest BCUT2D eigenvalue weighted by molar-refractivity contribution is 9.10. The summed E-state index contributed by atoms with van der Waals surface area (Å²) in [4.78, 5) is 19.4. The Morgan fingerprint density at radius 3 is 2.55 bits per heavy atom. The molecule has 2 aromatic rings. The first-order valence-electron chi connectivity index (χ1n) is 9.75. The molecule has 1 N–H and O–H groups in total. The Labute approximate surface area is 181 Å². The Morgan fingerprint density at radius 1 is 1.14 bits per heavy atom. The van der Waals surface area contributed by atoms with Gasteiger partial charge in [0.1, 0.15) is 5.75 Å². The van der Waals surface area contributed by atoms with Gasteiger partial charge in [-0.3, -0.25) is 4.79 Å². The maximum atomic E-state index is 12.8. The SMILES string of the molecule is CN(C)Cc1cc(C(=O)C=Cc2ccc(Br)cc2N2CCN(C)CC2)ccc1O. The highest BCUT2D eigenvalue weighted by atomic mass is 79.9. The van der Waals surface area contributed by atoms with Crippen LogP contribution in [-0.2, 0) is 6.54 Å². The molecule has 1 heterocycles. The lowest BCUT2D eigenvalue weighted by Gasteiger charge is -2.35. The van der Waals surface area contributed by atoms with E-state index in [9.17, 15) is 9.90 Å². The summed E-state index contributed by atoms with van der Waals surface area (Å²) in [5, 5.41) is 10.0. The van der Waals surface area contributed by atoms with E-state index in [1.807, 2.05) is 37.2 Å². The molecule has 0 unspecified atom stereocenters. The summed E-state index contributed by atoms with van der Waals surface area (Å²) >= 11 is 3.57. The minimum atomic E-state index is -0.0720. The van der Waals surface area contributed by atoms with Crippen molar-refractivity contribution < 1.29 is 9.90 Å². The van der Waals surface area contributed by atoms with Crippen LogP contribution in [0.5, 0.6) is 5.75 Å². The molecule has 6 heteroatoms. The van der Waals surface area contributed by atoms with E-state index in [0.717, 1.165) is 47.5 Å². The van der Waals surface area contributed by atoms with E-state index < -0.39 is 0 Å². The summed E-state index contributed by atoms with van der Waals surface area (Å²) in [7, 11) is 6.00. The van der Waals surface area contributed by atoms with Gasteiger partial charge in [0.2, 0.25) is 0 Å². The number of allylic oxidation sites excluding steroid dienone is 1. The predicted molar refractivity (Wildman–Crippen MR) is 123 cm³/mol. The van der Waals surface area contributed by atoms with Crippen LogP contribution < -0.4 is 4.90 Å². The number of hydrogen-bond acceptors (Lipinski definition) is 5. The zero-order chi connectivity index (χ0) is 21.0. The molecule has 0 aliphatic carbocycles. The summed E-state index contributed by atoms with van der Waals surface area (Å²) in [5.41, 5.74) is 3.49. The second-order valence-corrected chi connectivity index (χ2v) is 8.69. The molecular weight excluding hydrogens is 430 g/mol. The molecule has 1 fully saturated rings. The van der Waals surface area contributed by atoms with E-state index in [0.29, 0.717) is 12.1 Å². The lowest BCUT2D eigenvalue weighted by Crippen LogP contribution is -2.44. The van der Waals surface area contributed by atoms with Crippen LogP contribution >= 0.6 is 15.9 Å². The molecule has 0 atom stereocenters. The number of phenols is 1. The Hall–Kier alpha value is -2.15. The zero-order valence-corrected chi connectivity index (χ0v) is 18.8. The lowest BCUT2D eigenvalue weighted by molar-refractivity contribution is 0.104. The van der Waals surface area contributed by atoms with Crippen molar-refractivity contribution in [2.75, 3.05) is 52.2 Å². The number of aromatic hydroxyl groups is 1. The molecule has 0 amide bonds. The number of carbonyl (C=O) groups excluding carboxylic acids is 1. The van der Waals surface area contributed by atoms with Crippen molar-refractivity contribution >= 4 is 33.5 Å². The molecule has 0 aromatic heterocycles. The first-order valence-corrected chi connectivity index (χ1v) is 10.5. The summed E-state index contributed by atoms with van der Waals surface area (Å²) < 4.78 is 1.03. The highest BCUT2D eigenvalue weighted by Gasteiger charge is 2.17. The van der Waals surface area contributed by atoms with Gasteiger partial charge in [-0.15, -0.1) is 0 Å². The van der Waals surface area contributed by atoms with Crippen LogP contribution in [0.4, 0.5) is 5.69 Å². The maximum absolute atomic E-state index is 12.8. The third-order valence-corrected chi connectivity index (χ3v) is 5.59. The normalized spacial score (nSPS) is 15.4. The Balaban J connectivity index is 1.82. The average Bonchev–Trinajstić information content (AvgIpc) is 2.68. The van der Waals surface area contributed by atoms with Crippen molar-refractivity contribution in [1.82, 2.24) is 9.80 Å². The summed E-state index contributed by atoms with van der Waals surface area (Å²) in [6.07, 6.45) is 3.51. The highest BCUT2D eigenvalue weighted by Crippen LogP contribution is 2.28. The van der Waals surface area contributed by atoms with Gasteiger partial charge in [0.05, 0.1) is 0 Å². The van der Waals surface area contributed by atoms with Crippen molar-refractivity contribution in [3.63, 3.8) is 0 Å². The number of likely N-dealkylation sites (N-methyl/N-ethyl adjacent to an activating group) is 1. The fraction of sp³-hybridized carbons (Fsp3) is 0.348. The summed E-state index contributed by atoms with van der Waals surface area (Å²) in [6.45, 7) is 4.56. The molecule has 5 nitrogen and oxygen atoms in total. The van der Waals surface area contributed by atoms with Crippen molar-refractivity contribution in [2.24, 2.45) is 0 Å². The number of carbonyl (C=O) groups is 1. The number of nitrogens with zero attached hydrogens (tertiary/aromatic N) is 3. The van der Waals surface area contributed by atoms with Gasteiger partial charge in [-0.05, 0) is 69.2 Å². The Bertz CT molecular complexity index is 903. The van der Waals surface area contributed by atoms with Gasteiger partial charge >= 0.3 is 0 Å². The number of halogens is 1. The number of benzene rings is 2. The monoisotopic (exact) mass is 457 g/mol. The van der Waals surface area contributed by atoms with Crippen molar-refractivity contribution in [1.29, 1.82) is 0 Å². The Morgan fingerprint density at radius 2 is 1.86 bits per heavy atom. The molecule has 0 radical (unpaired) electrons. The largest absolute Gasteiger partial charge is 0.508 e. The fourth-order valence-corrected chi connectivity index (χ4v) is 3.80. The number of rotatable bonds is 6. The molecule has 0 saturated carbocycles. The molecule has 154 valence electrons. The number of anilines is 1. The van der Waals surface area contributed by atoms with Gasteiger partial charge in [0.15, 0.2) is 5.78 Å². The van der Waals surface area contributed by atoms with Crippen LogP contribution in [0, 0.1) is 0 Å². The Kier molecular flexibility index (Phi) is 7.11. The van der Waals surface area contributed by atoms with Crippen LogP contribution in [0.15, 0.2) is 46.9 Å². The van der Waals surface area contributed by atoms with Gasteiger partial charge in [-0.25, -0.2) is 0 Å². The maximum Gasteiger partial charge on any atom is 0.185 e. The first-order chi connectivity index (χ1) is 13.8. The second-order valence-electron chi connectivity index (χ2n) is 7.77. The van der Waals surface area contributed by atoms with Crippen LogP contribution in [0.1, 0.15) is 21.5 Å². The second kappa shape index (κ2) is 9.57. The van der Waals surface area contributed by atoms with Crippen LogP contribution in [0.25, 0.3) is 6.08 Å². The van der Waals surface area contributed by atoms with Crippen LogP contribution in [0.3, 0.4) is 0 Å². The van der Waals surface area contributed by atoms with Gasteiger partial charge in [0.25, 0.3) is 0 Å². The molecular formula is C23H28BrN3O2. The lowest BCUT2D eigenvalue weighted by atomic mass is 10.0. The van der Waals surface area contributed by atoms with E-state index >= 15 is 0 Å². The van der Waals surface area contributed by atoms with E-state index in [2.05, 4.69) is 38.8 Å². The van der Waals surface area contributed by atoms with Crippen molar-refractivity contribution in [3.05, 3.63) is 63.6 Å². The molecule has 2 aromatic carbocycles. The summed E-state index contributed by atoms with van der Waals surface area (Å²) in [6, 6.07) is 11.2. The quantitative estimate of drug-likeness (QED) is 0.526. The molecule has 29 heavy (non-hydrogen) atoms. The van der Waals surface area contributed by atoms with E-state index in [1.165, 1.54) is 0 Å². The predicted octanol–water partition coefficient (Wildman–Crippen LogP) is 3.86. The summed E-state index contributed by atoms with van der Waals surface area (Å²) in [5.74, 6) is 0.141. The number of ketones is 1. The standard InChI is InChI=1S/C23H28BrN3O2/c1-25(2)16-19-14-18(6-9-23(19)29)22(28)8-5-17-4-7-20(24)15-21(17)27-12-10-26(3)11-13-27/h4-9,14-15,29H,10-13,16H2,1-3H3. The molecule has 1 saturated heterocycles. The topological polar surface area (TPSA) is 47.0 Å². The molecule has 1 aliphatic heterocycles. The van der Waals surface area contributed by atoms with Crippen molar-refractivity contribution in [2.45, 2.75) is 6.54 Å². The third kappa shape index (κ3) is 5.69. The minimum Gasteiger partial charge on any atom is -0.508 e. The van der Waals surface area contributed by atoms with Crippen molar-refractivity contribution in [3.8, 4) is 5.75 Å². The number of hydrogen-bond donors (Lipinski definition) is 1. The van der Waals surface area contributed by atoms with Gasteiger partial charge < -0.3 is 19.8 Å². The van der Waals surface area contributed by atoms with Crippen LogP contribution in [0.2, 0.25) is 0 Å². The average molecular weight is 458 g/mol. The molecule has 0 bridgehead atoms.